The molecule has 0 heterocycles. The Balaban J connectivity index is 2.55. The number of rotatable bonds is 3. The van der Waals surface area contributed by atoms with Crippen LogP contribution in [0.25, 0.3) is 10.8 Å². The summed E-state index contributed by atoms with van der Waals surface area (Å²) in [7, 11) is 0. The summed E-state index contributed by atoms with van der Waals surface area (Å²) >= 11 is 0. The van der Waals surface area contributed by atoms with E-state index in [9.17, 15) is 9.90 Å². The Bertz CT molecular complexity index is 623. The van der Waals surface area contributed by atoms with Gasteiger partial charge in [0.1, 0.15) is 17.5 Å². The van der Waals surface area contributed by atoms with Crippen molar-refractivity contribution in [3.63, 3.8) is 0 Å². The highest BCUT2D eigenvalue weighted by atomic mass is 16.3. The number of aromatic hydroxyl groups is 1. The minimum absolute atomic E-state index is 0.174. The van der Waals surface area contributed by atoms with Gasteiger partial charge in [-0.1, -0.05) is 18.2 Å². The summed E-state index contributed by atoms with van der Waals surface area (Å²) in [4.78, 5) is 11.3. The van der Waals surface area contributed by atoms with Crippen LogP contribution in [0.1, 0.15) is 11.5 Å². The fraction of sp³-hybridized carbons (Fsp3) is 0.0769. The molecule has 0 aliphatic rings. The van der Waals surface area contributed by atoms with Gasteiger partial charge in [-0.2, -0.15) is 0 Å². The molecule has 0 bridgehead atoms. The lowest BCUT2D eigenvalue weighted by molar-refractivity contribution is -0.118. The number of amidine groups is 1. The number of hydrogen-bond acceptors (Lipinski definition) is 3. The van der Waals surface area contributed by atoms with Gasteiger partial charge in [0.05, 0.1) is 0 Å². The van der Waals surface area contributed by atoms with E-state index in [2.05, 4.69) is 0 Å². The van der Waals surface area contributed by atoms with Crippen molar-refractivity contribution in [3.8, 4) is 5.75 Å². The molecule has 0 spiro atoms. The van der Waals surface area contributed by atoms with Gasteiger partial charge in [0.2, 0.25) is 5.91 Å². The number of primary amides is 1. The summed E-state index contributed by atoms with van der Waals surface area (Å²) < 4.78 is 0. The average molecular weight is 243 g/mol. The molecule has 92 valence electrons. The molecule has 2 rings (SSSR count). The second kappa shape index (κ2) is 4.37. The third kappa shape index (κ3) is 2.10. The van der Waals surface area contributed by atoms with Crippen molar-refractivity contribution in [2.75, 3.05) is 0 Å². The Labute approximate surface area is 104 Å². The van der Waals surface area contributed by atoms with Crippen molar-refractivity contribution in [1.82, 2.24) is 0 Å². The van der Waals surface area contributed by atoms with Crippen LogP contribution in [0.15, 0.2) is 36.4 Å². The van der Waals surface area contributed by atoms with Crippen molar-refractivity contribution < 1.29 is 9.90 Å². The summed E-state index contributed by atoms with van der Waals surface area (Å²) in [6.45, 7) is 0. The molecule has 0 fully saturated rings. The molecule has 0 saturated carbocycles. The number of hydrogen-bond donors (Lipinski definition) is 4. The smallest absolute Gasteiger partial charge is 0.232 e. The number of amides is 1. The lowest BCUT2D eigenvalue weighted by Crippen LogP contribution is -2.32. The Morgan fingerprint density at radius 2 is 1.72 bits per heavy atom. The van der Waals surface area contributed by atoms with Crippen molar-refractivity contribution in [3.05, 3.63) is 42.0 Å². The summed E-state index contributed by atoms with van der Waals surface area (Å²) in [6, 6.07) is 10.1. The molecule has 0 aliphatic heterocycles. The van der Waals surface area contributed by atoms with Crippen LogP contribution >= 0.6 is 0 Å². The van der Waals surface area contributed by atoms with E-state index in [0.717, 1.165) is 10.8 Å². The molecule has 5 nitrogen and oxygen atoms in total. The number of nitrogens with two attached hydrogens (primary N) is 2. The second-order valence-electron chi connectivity index (χ2n) is 4.08. The quantitative estimate of drug-likeness (QED) is 0.477. The van der Waals surface area contributed by atoms with Crippen LogP contribution in [0, 0.1) is 5.41 Å². The number of carbonyl (C=O) groups excluding carboxylic acids is 1. The van der Waals surface area contributed by atoms with Crippen LogP contribution in [0.5, 0.6) is 5.75 Å². The normalized spacial score (nSPS) is 12.2. The molecule has 2 aromatic rings. The minimum Gasteiger partial charge on any atom is -0.508 e. The van der Waals surface area contributed by atoms with Gasteiger partial charge in [0, 0.05) is 0 Å². The third-order valence-electron chi connectivity index (χ3n) is 2.78. The van der Waals surface area contributed by atoms with Crippen LogP contribution in [-0.4, -0.2) is 16.8 Å². The van der Waals surface area contributed by atoms with E-state index >= 15 is 0 Å². The highest BCUT2D eigenvalue weighted by molar-refractivity contribution is 6.06. The number of phenols is 1. The van der Waals surface area contributed by atoms with Crippen LogP contribution in [0.4, 0.5) is 0 Å². The van der Waals surface area contributed by atoms with Crippen LogP contribution in [0.2, 0.25) is 0 Å². The topological polar surface area (TPSA) is 113 Å². The van der Waals surface area contributed by atoms with E-state index in [-0.39, 0.29) is 11.6 Å². The van der Waals surface area contributed by atoms with E-state index in [1.807, 2.05) is 0 Å². The van der Waals surface area contributed by atoms with E-state index in [1.54, 1.807) is 36.4 Å². The first-order valence-corrected chi connectivity index (χ1v) is 5.35. The molecule has 1 amide bonds. The highest BCUT2D eigenvalue weighted by Gasteiger charge is 2.21. The number of fused-ring (bicyclic) bond motifs is 1. The molecule has 0 aromatic heterocycles. The van der Waals surface area contributed by atoms with Gasteiger partial charge in [-0.05, 0) is 34.5 Å². The van der Waals surface area contributed by atoms with Gasteiger partial charge in [-0.15, -0.1) is 0 Å². The van der Waals surface area contributed by atoms with Crippen molar-refractivity contribution in [2.24, 2.45) is 11.5 Å². The zero-order chi connectivity index (χ0) is 13.3. The van der Waals surface area contributed by atoms with Crippen LogP contribution < -0.4 is 11.5 Å². The standard InChI is InChI=1S/C13H13N3O2/c14-12(15)11(13(16)18)9-2-1-8-6-10(17)4-3-7(8)5-9/h1-6,11,17H,(H3,14,15)(H2,16,18). The first-order valence-electron chi connectivity index (χ1n) is 5.35. The summed E-state index contributed by atoms with van der Waals surface area (Å²) in [5.41, 5.74) is 11.2. The molecule has 2 aromatic carbocycles. The number of nitrogens with one attached hydrogen (secondary N) is 1. The average Bonchev–Trinajstić information content (AvgIpc) is 2.28. The molecule has 18 heavy (non-hydrogen) atoms. The molecular weight excluding hydrogens is 230 g/mol. The summed E-state index contributed by atoms with van der Waals surface area (Å²) in [6.07, 6.45) is 0. The highest BCUT2D eigenvalue weighted by Crippen LogP contribution is 2.24. The van der Waals surface area contributed by atoms with Gasteiger partial charge in [0.15, 0.2) is 0 Å². The monoisotopic (exact) mass is 243 g/mol. The van der Waals surface area contributed by atoms with Gasteiger partial charge in [-0.25, -0.2) is 0 Å². The predicted molar refractivity (Wildman–Crippen MR) is 69.5 cm³/mol. The molecule has 6 N–H and O–H groups in total. The molecule has 5 heteroatoms. The number of benzene rings is 2. The zero-order valence-electron chi connectivity index (χ0n) is 9.55. The van der Waals surface area contributed by atoms with E-state index < -0.39 is 11.8 Å². The number of carbonyl (C=O) groups is 1. The van der Waals surface area contributed by atoms with E-state index in [4.69, 9.17) is 16.9 Å². The fourth-order valence-electron chi connectivity index (χ4n) is 1.93. The third-order valence-corrected chi connectivity index (χ3v) is 2.78. The Kier molecular flexibility index (Phi) is 2.89. The fourth-order valence-corrected chi connectivity index (χ4v) is 1.93. The van der Waals surface area contributed by atoms with E-state index in [0.29, 0.717) is 5.56 Å². The first-order chi connectivity index (χ1) is 8.49. The van der Waals surface area contributed by atoms with Gasteiger partial charge in [0.25, 0.3) is 0 Å². The van der Waals surface area contributed by atoms with Gasteiger partial charge < -0.3 is 16.6 Å². The Morgan fingerprint density at radius 1 is 1.11 bits per heavy atom. The van der Waals surface area contributed by atoms with Crippen molar-refractivity contribution in [1.29, 1.82) is 5.41 Å². The van der Waals surface area contributed by atoms with Crippen LogP contribution in [0.3, 0.4) is 0 Å². The van der Waals surface area contributed by atoms with Gasteiger partial charge >= 0.3 is 0 Å². The molecule has 1 unspecified atom stereocenters. The molecule has 0 radical (unpaired) electrons. The maximum absolute atomic E-state index is 11.3. The lowest BCUT2D eigenvalue weighted by Gasteiger charge is -2.12. The molecule has 0 saturated heterocycles. The largest absolute Gasteiger partial charge is 0.508 e. The maximum atomic E-state index is 11.3. The Hall–Kier alpha value is -2.56. The zero-order valence-corrected chi connectivity index (χ0v) is 9.55. The number of phenolic OH excluding ortho intramolecular Hbond substituents is 1. The summed E-state index contributed by atoms with van der Waals surface area (Å²) in [5, 5.41) is 18.4. The van der Waals surface area contributed by atoms with Crippen molar-refractivity contribution in [2.45, 2.75) is 5.92 Å². The molecule has 1 atom stereocenters. The van der Waals surface area contributed by atoms with Crippen LogP contribution in [-0.2, 0) is 4.79 Å². The van der Waals surface area contributed by atoms with E-state index in [1.165, 1.54) is 0 Å². The Morgan fingerprint density at radius 3 is 2.33 bits per heavy atom. The maximum Gasteiger partial charge on any atom is 0.232 e. The SMILES string of the molecule is N=C(N)C(C(N)=O)c1ccc2cc(O)ccc2c1. The first kappa shape index (κ1) is 11.9. The predicted octanol–water partition coefficient (Wildman–Crippen LogP) is 1.05. The minimum atomic E-state index is -0.914. The summed E-state index contributed by atoms with van der Waals surface area (Å²) in [5.74, 6) is -1.67. The lowest BCUT2D eigenvalue weighted by atomic mass is 9.95. The second-order valence-corrected chi connectivity index (χ2v) is 4.08. The molecule has 0 aliphatic carbocycles. The van der Waals surface area contributed by atoms with Crippen molar-refractivity contribution >= 4 is 22.5 Å². The molecular formula is C13H13N3O2. The van der Waals surface area contributed by atoms with Gasteiger partial charge in [-0.3, -0.25) is 10.2 Å².